The van der Waals surface area contributed by atoms with Gasteiger partial charge in [0, 0.05) is 17.7 Å². The Balaban J connectivity index is 2.22. The Bertz CT molecular complexity index is 748. The van der Waals surface area contributed by atoms with Gasteiger partial charge in [0.15, 0.2) is 11.6 Å². The molecule has 0 aliphatic carbocycles. The summed E-state index contributed by atoms with van der Waals surface area (Å²) in [7, 11) is 0. The fourth-order valence-electron chi connectivity index (χ4n) is 1.89. The third kappa shape index (κ3) is 4.19. The minimum absolute atomic E-state index is 0.0315. The quantitative estimate of drug-likeness (QED) is 0.347. The number of carbonyl (C=O) groups is 2. The maximum absolute atomic E-state index is 11.4. The number of nitrogens with zero attached hydrogens (tertiary/aromatic N) is 3. The first kappa shape index (κ1) is 16.8. The van der Waals surface area contributed by atoms with Gasteiger partial charge in [-0.2, -0.15) is 0 Å². The number of thioether (sulfide) groups is 1. The second-order valence-electron chi connectivity index (χ2n) is 4.78. The number of rotatable bonds is 6. The zero-order valence-electron chi connectivity index (χ0n) is 12.4. The van der Waals surface area contributed by atoms with Crippen LogP contribution in [0.5, 0.6) is 0 Å². The van der Waals surface area contributed by atoms with Gasteiger partial charge < -0.3 is 0 Å². The molecule has 0 aliphatic rings. The second-order valence-corrected chi connectivity index (χ2v) is 5.91. The molecule has 0 fully saturated rings. The lowest BCUT2D eigenvalue weighted by Gasteiger charge is -2.08. The largest absolute Gasteiger partial charge is 0.298 e. The van der Waals surface area contributed by atoms with Crippen molar-refractivity contribution in [1.29, 1.82) is 0 Å². The molecule has 2 rings (SSSR count). The van der Waals surface area contributed by atoms with Crippen LogP contribution in [0.15, 0.2) is 41.4 Å². The number of carbonyl (C=O) groups excluding carboxylic acids is 2. The maximum Gasteiger partial charge on any atom is 0.270 e. The van der Waals surface area contributed by atoms with E-state index in [4.69, 9.17) is 0 Å². The molecular formula is C15H13N3O4S. The maximum atomic E-state index is 11.4. The normalized spacial score (nSPS) is 10.6. The van der Waals surface area contributed by atoms with E-state index in [0.29, 0.717) is 16.3 Å². The van der Waals surface area contributed by atoms with Gasteiger partial charge in [-0.25, -0.2) is 0 Å². The van der Waals surface area contributed by atoms with Crippen molar-refractivity contribution in [3.05, 3.63) is 46.5 Å². The Morgan fingerprint density at radius 1 is 1.13 bits per heavy atom. The summed E-state index contributed by atoms with van der Waals surface area (Å²) in [5, 5.41) is 18.4. The molecule has 23 heavy (non-hydrogen) atoms. The van der Waals surface area contributed by atoms with E-state index in [9.17, 15) is 19.7 Å². The summed E-state index contributed by atoms with van der Waals surface area (Å²) in [4.78, 5) is 33.2. The van der Waals surface area contributed by atoms with Crippen molar-refractivity contribution in [3.8, 4) is 11.3 Å². The third-order valence-corrected chi connectivity index (χ3v) is 4.33. The summed E-state index contributed by atoms with van der Waals surface area (Å²) in [5.41, 5.74) is 1.01. The summed E-state index contributed by atoms with van der Waals surface area (Å²) in [6.07, 6.45) is 0. The fourth-order valence-corrected chi connectivity index (χ4v) is 2.70. The molecule has 0 unspecified atom stereocenters. The lowest BCUT2D eigenvalue weighted by molar-refractivity contribution is -0.384. The second kappa shape index (κ2) is 7.10. The number of non-ortho nitro benzene ring substituents is 1. The lowest BCUT2D eigenvalue weighted by Crippen LogP contribution is -2.22. The first-order valence-electron chi connectivity index (χ1n) is 6.64. The summed E-state index contributed by atoms with van der Waals surface area (Å²) in [6.45, 7) is 2.70. The van der Waals surface area contributed by atoms with E-state index in [1.165, 1.54) is 26.0 Å². The van der Waals surface area contributed by atoms with E-state index in [-0.39, 0.29) is 17.3 Å². The Labute approximate surface area is 136 Å². The van der Waals surface area contributed by atoms with Gasteiger partial charge in [-0.3, -0.25) is 19.7 Å². The zero-order chi connectivity index (χ0) is 17.0. The molecule has 7 nitrogen and oxygen atoms in total. The van der Waals surface area contributed by atoms with E-state index in [1.807, 2.05) is 0 Å². The SMILES string of the molecule is CC(=O)C(Sc1ccc(-c2cccc([N+](=O)[O-])c2)nn1)C(C)=O. The number of nitro benzene ring substituents is 1. The van der Waals surface area contributed by atoms with E-state index in [0.717, 1.165) is 11.8 Å². The number of Topliss-reactive ketones (excluding diaryl/α,β-unsaturated/α-hetero) is 2. The van der Waals surface area contributed by atoms with Gasteiger partial charge in [-0.15, -0.1) is 10.2 Å². The highest BCUT2D eigenvalue weighted by Crippen LogP contribution is 2.25. The van der Waals surface area contributed by atoms with Crippen molar-refractivity contribution in [2.24, 2.45) is 0 Å². The molecule has 0 radical (unpaired) electrons. The summed E-state index contributed by atoms with van der Waals surface area (Å²) >= 11 is 1.04. The van der Waals surface area contributed by atoms with Crippen molar-refractivity contribution in [2.75, 3.05) is 0 Å². The molecule has 0 bridgehead atoms. The van der Waals surface area contributed by atoms with Gasteiger partial charge in [0.25, 0.3) is 5.69 Å². The number of hydrogen-bond donors (Lipinski definition) is 0. The average Bonchev–Trinajstić information content (AvgIpc) is 2.52. The van der Waals surface area contributed by atoms with Crippen LogP contribution in [-0.4, -0.2) is 31.9 Å². The van der Waals surface area contributed by atoms with E-state index in [2.05, 4.69) is 10.2 Å². The molecule has 1 aromatic carbocycles. The van der Waals surface area contributed by atoms with Crippen LogP contribution in [0, 0.1) is 10.1 Å². The predicted octanol–water partition coefficient (Wildman–Crippen LogP) is 2.69. The Kier molecular flexibility index (Phi) is 5.17. The Morgan fingerprint density at radius 3 is 2.35 bits per heavy atom. The number of aromatic nitrogens is 2. The molecule has 0 aliphatic heterocycles. The minimum Gasteiger partial charge on any atom is -0.298 e. The van der Waals surface area contributed by atoms with Crippen LogP contribution in [-0.2, 0) is 9.59 Å². The van der Waals surface area contributed by atoms with Crippen molar-refractivity contribution >= 4 is 29.0 Å². The van der Waals surface area contributed by atoms with E-state index in [1.54, 1.807) is 24.3 Å². The van der Waals surface area contributed by atoms with Crippen LogP contribution in [0.1, 0.15) is 13.8 Å². The standard InChI is InChI=1S/C15H13N3O4S/c1-9(19)15(10(2)20)23-14-7-6-13(16-17-14)11-4-3-5-12(8-11)18(21)22/h3-8,15H,1-2H3. The van der Waals surface area contributed by atoms with Gasteiger partial charge in [0.2, 0.25) is 0 Å². The highest BCUT2D eigenvalue weighted by atomic mass is 32.2. The average molecular weight is 331 g/mol. The smallest absolute Gasteiger partial charge is 0.270 e. The van der Waals surface area contributed by atoms with Crippen LogP contribution < -0.4 is 0 Å². The molecule has 1 heterocycles. The van der Waals surface area contributed by atoms with Crippen LogP contribution in [0.3, 0.4) is 0 Å². The molecule has 8 heteroatoms. The van der Waals surface area contributed by atoms with Gasteiger partial charge in [-0.1, -0.05) is 23.9 Å². The predicted molar refractivity (Wildman–Crippen MR) is 85.1 cm³/mol. The van der Waals surface area contributed by atoms with Gasteiger partial charge in [0.05, 0.1) is 10.6 Å². The summed E-state index contributed by atoms with van der Waals surface area (Å²) < 4.78 is 0. The number of ketones is 2. The molecular weight excluding hydrogens is 318 g/mol. The van der Waals surface area contributed by atoms with E-state index < -0.39 is 10.2 Å². The van der Waals surface area contributed by atoms with Crippen molar-refractivity contribution in [1.82, 2.24) is 10.2 Å². The van der Waals surface area contributed by atoms with Crippen molar-refractivity contribution in [3.63, 3.8) is 0 Å². The molecule has 118 valence electrons. The van der Waals surface area contributed by atoms with Crippen molar-refractivity contribution in [2.45, 2.75) is 24.1 Å². The van der Waals surface area contributed by atoms with Crippen LogP contribution in [0.2, 0.25) is 0 Å². The van der Waals surface area contributed by atoms with Crippen LogP contribution in [0.25, 0.3) is 11.3 Å². The molecule has 0 amide bonds. The first-order valence-corrected chi connectivity index (χ1v) is 7.52. The zero-order valence-corrected chi connectivity index (χ0v) is 13.2. The lowest BCUT2D eigenvalue weighted by atomic mass is 10.1. The number of nitro groups is 1. The monoisotopic (exact) mass is 331 g/mol. The van der Waals surface area contributed by atoms with Crippen LogP contribution >= 0.6 is 11.8 Å². The Morgan fingerprint density at radius 2 is 1.83 bits per heavy atom. The van der Waals surface area contributed by atoms with Crippen molar-refractivity contribution < 1.29 is 14.5 Å². The Hall–Kier alpha value is -2.61. The molecule has 0 spiro atoms. The fraction of sp³-hybridized carbons (Fsp3) is 0.200. The minimum atomic E-state index is -0.798. The summed E-state index contributed by atoms with van der Waals surface area (Å²) in [5.74, 6) is -0.487. The number of benzene rings is 1. The van der Waals surface area contributed by atoms with Gasteiger partial charge >= 0.3 is 0 Å². The number of hydrogen-bond acceptors (Lipinski definition) is 7. The molecule has 0 saturated heterocycles. The highest BCUT2D eigenvalue weighted by Gasteiger charge is 2.21. The van der Waals surface area contributed by atoms with Gasteiger partial charge in [-0.05, 0) is 26.0 Å². The van der Waals surface area contributed by atoms with Crippen LogP contribution in [0.4, 0.5) is 5.69 Å². The third-order valence-electron chi connectivity index (χ3n) is 2.97. The van der Waals surface area contributed by atoms with Gasteiger partial charge in [0.1, 0.15) is 10.3 Å². The molecule has 0 N–H and O–H groups in total. The molecule has 0 saturated carbocycles. The topological polar surface area (TPSA) is 103 Å². The molecule has 1 aromatic heterocycles. The summed E-state index contributed by atoms with van der Waals surface area (Å²) in [6, 6.07) is 9.34. The first-order chi connectivity index (χ1) is 10.9. The highest BCUT2D eigenvalue weighted by molar-refractivity contribution is 8.01. The molecule has 2 aromatic rings. The molecule has 0 atom stereocenters. The van der Waals surface area contributed by atoms with E-state index >= 15 is 0 Å².